The zero-order chi connectivity index (χ0) is 21.8. The van der Waals surface area contributed by atoms with E-state index in [2.05, 4.69) is 10.2 Å². The molecule has 2 aliphatic heterocycles. The highest BCUT2D eigenvalue weighted by Gasteiger charge is 2.25. The van der Waals surface area contributed by atoms with Gasteiger partial charge in [0.25, 0.3) is 11.8 Å². The predicted octanol–water partition coefficient (Wildman–Crippen LogP) is 3.55. The smallest absolute Gasteiger partial charge is 0.254 e. The molecule has 0 saturated carbocycles. The molecule has 2 amide bonds. The lowest BCUT2D eigenvalue weighted by Crippen LogP contribution is -2.48. The highest BCUT2D eigenvalue weighted by molar-refractivity contribution is 6.31. The number of amides is 2. The van der Waals surface area contributed by atoms with Crippen molar-refractivity contribution in [2.75, 3.05) is 38.1 Å². The molecule has 0 radical (unpaired) electrons. The molecule has 2 saturated heterocycles. The van der Waals surface area contributed by atoms with E-state index in [1.807, 2.05) is 0 Å². The van der Waals surface area contributed by atoms with E-state index in [0.29, 0.717) is 67.6 Å². The molecule has 0 aliphatic carbocycles. The number of hydrogen-bond acceptors (Lipinski definition) is 4. The summed E-state index contributed by atoms with van der Waals surface area (Å²) in [6, 6.07) is 11.6. The summed E-state index contributed by atoms with van der Waals surface area (Å²) in [5.41, 5.74) is 1.59. The average molecular weight is 446 g/mol. The van der Waals surface area contributed by atoms with Gasteiger partial charge in [-0.15, -0.1) is 0 Å². The third-order valence-corrected chi connectivity index (χ3v) is 6.06. The third-order valence-electron chi connectivity index (χ3n) is 5.70. The molecule has 1 unspecified atom stereocenters. The van der Waals surface area contributed by atoms with E-state index in [0.717, 1.165) is 6.42 Å². The van der Waals surface area contributed by atoms with Crippen molar-refractivity contribution in [3.63, 3.8) is 0 Å². The first-order valence-corrected chi connectivity index (χ1v) is 10.9. The fourth-order valence-corrected chi connectivity index (χ4v) is 4.16. The minimum Gasteiger partial charge on any atom is -0.368 e. The molecule has 6 nitrogen and oxygen atoms in total. The Morgan fingerprint density at radius 1 is 1.13 bits per heavy atom. The van der Waals surface area contributed by atoms with Crippen LogP contribution >= 0.6 is 11.6 Å². The highest BCUT2D eigenvalue weighted by Crippen LogP contribution is 2.22. The maximum atomic E-state index is 14.0. The van der Waals surface area contributed by atoms with Crippen molar-refractivity contribution < 1.29 is 18.7 Å². The first-order valence-electron chi connectivity index (χ1n) is 10.5. The van der Waals surface area contributed by atoms with Crippen molar-refractivity contribution in [2.45, 2.75) is 25.5 Å². The molecular weight excluding hydrogens is 421 g/mol. The lowest BCUT2D eigenvalue weighted by molar-refractivity contribution is -0.124. The van der Waals surface area contributed by atoms with Crippen LogP contribution in [0.1, 0.15) is 28.8 Å². The summed E-state index contributed by atoms with van der Waals surface area (Å²) < 4.78 is 19.4. The van der Waals surface area contributed by atoms with E-state index in [1.54, 1.807) is 41.3 Å². The van der Waals surface area contributed by atoms with Gasteiger partial charge in [-0.05, 0) is 43.2 Å². The lowest BCUT2D eigenvalue weighted by Gasteiger charge is -2.35. The van der Waals surface area contributed by atoms with Crippen LogP contribution in [0.5, 0.6) is 0 Å². The minimum atomic E-state index is -0.421. The topological polar surface area (TPSA) is 61.9 Å². The second-order valence-corrected chi connectivity index (χ2v) is 8.25. The van der Waals surface area contributed by atoms with Gasteiger partial charge in [-0.2, -0.15) is 0 Å². The average Bonchev–Trinajstić information content (AvgIpc) is 3.32. The summed E-state index contributed by atoms with van der Waals surface area (Å²) in [4.78, 5) is 29.1. The van der Waals surface area contributed by atoms with E-state index in [-0.39, 0.29) is 17.6 Å². The number of nitrogens with one attached hydrogen (secondary N) is 1. The van der Waals surface area contributed by atoms with Crippen LogP contribution in [0.3, 0.4) is 0 Å². The second kappa shape index (κ2) is 9.77. The molecular formula is C23H25ClFN3O3. The van der Waals surface area contributed by atoms with Crippen LogP contribution in [0.4, 0.5) is 10.1 Å². The Balaban J connectivity index is 1.34. The van der Waals surface area contributed by atoms with Crippen molar-refractivity contribution in [3.05, 3.63) is 64.4 Å². The van der Waals surface area contributed by atoms with Gasteiger partial charge in [0.2, 0.25) is 0 Å². The van der Waals surface area contributed by atoms with Crippen LogP contribution in [0.15, 0.2) is 42.5 Å². The summed E-state index contributed by atoms with van der Waals surface area (Å²) in [6.07, 6.45) is 1.17. The van der Waals surface area contributed by atoms with Gasteiger partial charge < -0.3 is 15.0 Å². The van der Waals surface area contributed by atoms with Crippen molar-refractivity contribution >= 4 is 29.1 Å². The number of hydrogen-bond donors (Lipinski definition) is 1. The number of piperazine rings is 1. The fraction of sp³-hybridized carbons (Fsp3) is 0.391. The highest BCUT2D eigenvalue weighted by atomic mass is 35.5. The molecule has 0 spiro atoms. The Bertz CT molecular complexity index is 937. The number of nitrogens with zero attached hydrogens (tertiary/aromatic N) is 2. The van der Waals surface area contributed by atoms with E-state index in [1.165, 1.54) is 6.07 Å². The number of halogens is 2. The number of rotatable bonds is 5. The molecule has 2 aromatic carbocycles. The van der Waals surface area contributed by atoms with E-state index in [9.17, 15) is 14.0 Å². The maximum absolute atomic E-state index is 14.0. The molecule has 2 aromatic rings. The Morgan fingerprint density at radius 3 is 2.61 bits per heavy atom. The quantitative estimate of drug-likeness (QED) is 0.764. The largest absolute Gasteiger partial charge is 0.368 e. The number of carbonyl (C=O) groups excluding carboxylic acids is 2. The first kappa shape index (κ1) is 21.7. The second-order valence-electron chi connectivity index (χ2n) is 7.84. The fourth-order valence-electron chi connectivity index (χ4n) is 3.94. The molecule has 0 aromatic heterocycles. The Hall–Kier alpha value is -2.48. The summed E-state index contributed by atoms with van der Waals surface area (Å²) in [7, 11) is 0. The summed E-state index contributed by atoms with van der Waals surface area (Å²) in [5, 5.41) is 3.25. The predicted molar refractivity (Wildman–Crippen MR) is 117 cm³/mol. The molecule has 31 heavy (non-hydrogen) atoms. The van der Waals surface area contributed by atoms with Crippen LogP contribution in [-0.2, 0) is 16.1 Å². The van der Waals surface area contributed by atoms with Crippen LogP contribution in [0, 0.1) is 5.82 Å². The Labute approximate surface area is 185 Å². The summed E-state index contributed by atoms with van der Waals surface area (Å²) >= 11 is 6.13. The van der Waals surface area contributed by atoms with Gasteiger partial charge in [-0.3, -0.25) is 14.5 Å². The monoisotopic (exact) mass is 445 g/mol. The van der Waals surface area contributed by atoms with Crippen molar-refractivity contribution in [2.24, 2.45) is 0 Å². The van der Waals surface area contributed by atoms with Crippen molar-refractivity contribution in [3.8, 4) is 0 Å². The Morgan fingerprint density at radius 2 is 1.90 bits per heavy atom. The number of anilines is 1. The lowest BCUT2D eigenvalue weighted by atomic mass is 10.1. The van der Waals surface area contributed by atoms with Gasteiger partial charge in [0.05, 0.1) is 0 Å². The summed E-state index contributed by atoms with van der Waals surface area (Å²) in [5.74, 6) is -0.577. The minimum absolute atomic E-state index is 0.0863. The van der Waals surface area contributed by atoms with Gasteiger partial charge >= 0.3 is 0 Å². The van der Waals surface area contributed by atoms with E-state index >= 15 is 0 Å². The van der Waals surface area contributed by atoms with Gasteiger partial charge in [-0.1, -0.05) is 23.7 Å². The van der Waals surface area contributed by atoms with Crippen LogP contribution in [0.2, 0.25) is 5.02 Å². The van der Waals surface area contributed by atoms with Crippen LogP contribution in [-0.4, -0.2) is 60.5 Å². The van der Waals surface area contributed by atoms with Crippen molar-refractivity contribution in [1.29, 1.82) is 0 Å². The zero-order valence-corrected chi connectivity index (χ0v) is 17.9. The molecule has 1 atom stereocenters. The normalized spacial score (nSPS) is 19.4. The molecule has 4 rings (SSSR count). The molecule has 2 aliphatic rings. The molecule has 0 bridgehead atoms. The summed E-state index contributed by atoms with van der Waals surface area (Å²) in [6.45, 7) is 3.36. The number of ether oxygens (including phenoxy) is 1. The van der Waals surface area contributed by atoms with Crippen LogP contribution < -0.4 is 5.32 Å². The van der Waals surface area contributed by atoms with Crippen LogP contribution in [0.25, 0.3) is 0 Å². The first-order chi connectivity index (χ1) is 15.0. The van der Waals surface area contributed by atoms with Gasteiger partial charge in [-0.25, -0.2) is 4.39 Å². The Kier molecular flexibility index (Phi) is 6.85. The molecule has 2 heterocycles. The van der Waals surface area contributed by atoms with Gasteiger partial charge in [0.15, 0.2) is 0 Å². The SMILES string of the molecule is O=C(Nc1cccc(C(=O)N2CCN(Cc3c(F)cccc3Cl)CC2)c1)C1CCCO1. The zero-order valence-electron chi connectivity index (χ0n) is 17.2. The molecule has 1 N–H and O–H groups in total. The van der Waals surface area contributed by atoms with Gasteiger partial charge in [0.1, 0.15) is 11.9 Å². The van der Waals surface area contributed by atoms with Crippen molar-refractivity contribution in [1.82, 2.24) is 9.80 Å². The third kappa shape index (κ3) is 5.23. The molecule has 2 fully saturated rings. The molecule has 164 valence electrons. The van der Waals surface area contributed by atoms with E-state index < -0.39 is 6.10 Å². The molecule has 8 heteroatoms. The standard InChI is InChI=1S/C23H25ClFN3O3/c24-19-6-2-7-20(25)18(19)15-27-9-11-28(12-10-27)23(30)16-4-1-5-17(14-16)26-22(29)21-8-3-13-31-21/h1-2,4-7,14,21H,3,8-13,15H2,(H,26,29). The number of benzene rings is 2. The van der Waals surface area contributed by atoms with Gasteiger partial charge in [0, 0.05) is 61.2 Å². The van der Waals surface area contributed by atoms with E-state index in [4.69, 9.17) is 16.3 Å². The maximum Gasteiger partial charge on any atom is 0.254 e. The number of carbonyl (C=O) groups is 2.